The van der Waals surface area contributed by atoms with Gasteiger partial charge in [-0.25, -0.2) is 0 Å². The molecule has 0 saturated carbocycles. The molecule has 0 amide bonds. The van der Waals surface area contributed by atoms with Crippen molar-refractivity contribution in [2.45, 2.75) is 13.8 Å². The van der Waals surface area contributed by atoms with Crippen molar-refractivity contribution in [3.8, 4) is 0 Å². The number of rotatable bonds is 0. The van der Waals surface area contributed by atoms with Gasteiger partial charge in [0.15, 0.2) is 5.69 Å². The first-order valence-corrected chi connectivity index (χ1v) is 3.77. The Hall–Kier alpha value is -0.570. The average molecular weight is 202 g/mol. The van der Waals surface area contributed by atoms with Gasteiger partial charge in [0.1, 0.15) is 0 Å². The average Bonchev–Trinajstić information content (AvgIpc) is 1.82. The van der Waals surface area contributed by atoms with Gasteiger partial charge >= 0.3 is 0 Å². The SMILES string of the molecule is Cc1cc(C)[n+]([O-])c(Br)c1. The van der Waals surface area contributed by atoms with Crippen molar-refractivity contribution >= 4 is 15.9 Å². The number of nitrogens with zero attached hydrogens (tertiary/aromatic N) is 1. The minimum Gasteiger partial charge on any atom is -0.618 e. The zero-order valence-electron chi connectivity index (χ0n) is 5.89. The zero-order chi connectivity index (χ0) is 7.72. The van der Waals surface area contributed by atoms with Crippen LogP contribution in [0.5, 0.6) is 0 Å². The molecule has 54 valence electrons. The van der Waals surface area contributed by atoms with E-state index in [0.717, 1.165) is 10.3 Å². The van der Waals surface area contributed by atoms with Crippen molar-refractivity contribution < 1.29 is 4.73 Å². The highest BCUT2D eigenvalue weighted by atomic mass is 79.9. The van der Waals surface area contributed by atoms with Crippen LogP contribution in [0.3, 0.4) is 0 Å². The molecule has 1 rings (SSSR count). The first-order valence-electron chi connectivity index (χ1n) is 2.97. The maximum absolute atomic E-state index is 11.0. The van der Waals surface area contributed by atoms with Crippen LogP contribution in [0.15, 0.2) is 16.7 Å². The lowest BCUT2D eigenvalue weighted by Gasteiger charge is -2.02. The third-order valence-corrected chi connectivity index (χ3v) is 1.85. The summed E-state index contributed by atoms with van der Waals surface area (Å²) in [5, 5.41) is 11.0. The van der Waals surface area contributed by atoms with E-state index in [4.69, 9.17) is 0 Å². The van der Waals surface area contributed by atoms with Gasteiger partial charge in [-0.3, -0.25) is 0 Å². The molecule has 0 aromatic carbocycles. The van der Waals surface area contributed by atoms with Gasteiger partial charge in [0.2, 0.25) is 0 Å². The molecule has 0 aliphatic carbocycles. The maximum Gasteiger partial charge on any atom is 0.259 e. The van der Waals surface area contributed by atoms with Gasteiger partial charge in [-0.2, -0.15) is 4.73 Å². The molecule has 0 aliphatic heterocycles. The van der Waals surface area contributed by atoms with Crippen LogP contribution in [0, 0.1) is 19.1 Å². The van der Waals surface area contributed by atoms with Crippen LogP contribution in [0.2, 0.25) is 0 Å². The second-order valence-electron chi connectivity index (χ2n) is 2.29. The van der Waals surface area contributed by atoms with Crippen molar-refractivity contribution in [1.29, 1.82) is 0 Å². The Morgan fingerprint density at radius 2 is 2.00 bits per heavy atom. The summed E-state index contributed by atoms with van der Waals surface area (Å²) in [6.07, 6.45) is 0. The van der Waals surface area contributed by atoms with Gasteiger partial charge in [0.25, 0.3) is 4.60 Å². The second kappa shape index (κ2) is 2.58. The molecule has 0 bridgehead atoms. The summed E-state index contributed by atoms with van der Waals surface area (Å²) in [5.41, 5.74) is 1.81. The molecular formula is C7H8BrNO. The van der Waals surface area contributed by atoms with E-state index in [1.807, 2.05) is 13.0 Å². The maximum atomic E-state index is 11.0. The highest BCUT2D eigenvalue weighted by molar-refractivity contribution is 9.10. The molecule has 3 heteroatoms. The predicted molar refractivity (Wildman–Crippen MR) is 42.6 cm³/mol. The summed E-state index contributed by atoms with van der Waals surface area (Å²) in [6.45, 7) is 3.74. The van der Waals surface area contributed by atoms with Crippen LogP contribution in [0.1, 0.15) is 11.3 Å². The number of pyridine rings is 1. The lowest BCUT2D eigenvalue weighted by Crippen LogP contribution is -2.31. The van der Waals surface area contributed by atoms with Gasteiger partial charge in [0, 0.05) is 35.0 Å². The molecule has 0 unspecified atom stereocenters. The van der Waals surface area contributed by atoms with Crippen LogP contribution < -0.4 is 4.73 Å². The van der Waals surface area contributed by atoms with E-state index >= 15 is 0 Å². The van der Waals surface area contributed by atoms with Crippen molar-refractivity contribution in [2.24, 2.45) is 0 Å². The molecule has 0 saturated heterocycles. The third kappa shape index (κ3) is 1.29. The number of aromatic nitrogens is 1. The molecule has 10 heavy (non-hydrogen) atoms. The van der Waals surface area contributed by atoms with E-state index < -0.39 is 0 Å². The first-order chi connectivity index (χ1) is 4.61. The largest absolute Gasteiger partial charge is 0.618 e. The number of hydrogen-bond acceptors (Lipinski definition) is 1. The first kappa shape index (κ1) is 7.54. The fraction of sp³-hybridized carbons (Fsp3) is 0.286. The van der Waals surface area contributed by atoms with Crippen LogP contribution >= 0.6 is 15.9 Å². The zero-order valence-corrected chi connectivity index (χ0v) is 7.47. The van der Waals surface area contributed by atoms with E-state index in [0.29, 0.717) is 10.3 Å². The molecule has 0 atom stereocenters. The summed E-state index contributed by atoms with van der Waals surface area (Å²) in [7, 11) is 0. The van der Waals surface area contributed by atoms with E-state index in [1.54, 1.807) is 13.0 Å². The summed E-state index contributed by atoms with van der Waals surface area (Å²) in [6, 6.07) is 3.64. The van der Waals surface area contributed by atoms with Crippen molar-refractivity contribution in [3.63, 3.8) is 0 Å². The molecular weight excluding hydrogens is 194 g/mol. The van der Waals surface area contributed by atoms with Gasteiger partial charge in [0.05, 0.1) is 0 Å². The highest BCUT2D eigenvalue weighted by Gasteiger charge is 2.03. The van der Waals surface area contributed by atoms with Gasteiger partial charge < -0.3 is 5.21 Å². The van der Waals surface area contributed by atoms with E-state index in [9.17, 15) is 5.21 Å². The molecule has 2 nitrogen and oxygen atoms in total. The second-order valence-corrected chi connectivity index (χ2v) is 3.10. The summed E-state index contributed by atoms with van der Waals surface area (Å²) in [4.78, 5) is 0. The van der Waals surface area contributed by atoms with Gasteiger partial charge in [-0.1, -0.05) is 0 Å². The molecule has 1 heterocycles. The normalized spacial score (nSPS) is 9.90. The number of hydrogen-bond donors (Lipinski definition) is 0. The summed E-state index contributed by atoms with van der Waals surface area (Å²) >= 11 is 3.15. The lowest BCUT2D eigenvalue weighted by molar-refractivity contribution is -0.624. The Bertz CT molecular complexity index is 237. The topological polar surface area (TPSA) is 26.9 Å². The van der Waals surface area contributed by atoms with Crippen LogP contribution in [-0.4, -0.2) is 0 Å². The molecule has 0 aliphatic rings. The number of halogens is 1. The monoisotopic (exact) mass is 201 g/mol. The minimum atomic E-state index is 0.574. The molecule has 0 radical (unpaired) electrons. The van der Waals surface area contributed by atoms with E-state index in [2.05, 4.69) is 15.9 Å². The van der Waals surface area contributed by atoms with Gasteiger partial charge in [-0.05, 0) is 12.5 Å². The van der Waals surface area contributed by atoms with Crippen molar-refractivity contribution in [1.82, 2.24) is 0 Å². The molecule has 0 fully saturated rings. The smallest absolute Gasteiger partial charge is 0.259 e. The minimum absolute atomic E-state index is 0.574. The third-order valence-electron chi connectivity index (χ3n) is 1.30. The molecule has 0 spiro atoms. The van der Waals surface area contributed by atoms with Gasteiger partial charge in [-0.15, -0.1) is 0 Å². The lowest BCUT2D eigenvalue weighted by atomic mass is 10.2. The Kier molecular flexibility index (Phi) is 1.94. The standard InChI is InChI=1S/C7H8BrNO/c1-5-3-6(2)9(10)7(8)4-5/h3-4H,1-2H3. The van der Waals surface area contributed by atoms with E-state index in [1.165, 1.54) is 0 Å². The van der Waals surface area contributed by atoms with Crippen molar-refractivity contribution in [2.75, 3.05) is 0 Å². The fourth-order valence-electron chi connectivity index (χ4n) is 0.845. The van der Waals surface area contributed by atoms with E-state index in [-0.39, 0.29) is 0 Å². The molecule has 1 aromatic heterocycles. The van der Waals surface area contributed by atoms with Crippen LogP contribution in [-0.2, 0) is 0 Å². The van der Waals surface area contributed by atoms with Crippen LogP contribution in [0.25, 0.3) is 0 Å². The summed E-state index contributed by atoms with van der Waals surface area (Å²) in [5.74, 6) is 0. The number of aryl methyl sites for hydroxylation is 2. The summed E-state index contributed by atoms with van der Waals surface area (Å²) < 4.78 is 1.43. The molecule has 1 aromatic rings. The Morgan fingerprint density at radius 3 is 2.50 bits per heavy atom. The Balaban J connectivity index is 3.31. The fourth-order valence-corrected chi connectivity index (χ4v) is 1.49. The Labute approximate surface area is 68.2 Å². The molecule has 0 N–H and O–H groups in total. The Morgan fingerprint density at radius 1 is 1.40 bits per heavy atom. The highest BCUT2D eigenvalue weighted by Crippen LogP contribution is 2.07. The quantitative estimate of drug-likeness (QED) is 0.357. The van der Waals surface area contributed by atoms with Crippen molar-refractivity contribution in [3.05, 3.63) is 33.2 Å². The predicted octanol–water partition coefficient (Wildman–Crippen LogP) is 1.70. The van der Waals surface area contributed by atoms with Crippen LogP contribution in [0.4, 0.5) is 0 Å².